The van der Waals surface area contributed by atoms with Crippen molar-refractivity contribution in [2.24, 2.45) is 0 Å². The summed E-state index contributed by atoms with van der Waals surface area (Å²) in [6.45, 7) is 1.78. The van der Waals surface area contributed by atoms with Gasteiger partial charge in [0.15, 0.2) is 5.56 Å². The summed E-state index contributed by atoms with van der Waals surface area (Å²) in [5, 5.41) is 29.4. The van der Waals surface area contributed by atoms with Crippen LogP contribution in [0.3, 0.4) is 0 Å². The third-order valence-corrected chi connectivity index (χ3v) is 5.09. The first-order valence-corrected chi connectivity index (χ1v) is 9.28. The Morgan fingerprint density at radius 1 is 1.07 bits per heavy atom. The average Bonchev–Trinajstić information content (AvgIpc) is 3.16. The number of benzene rings is 2. The molecule has 30 heavy (non-hydrogen) atoms. The normalized spacial score (nSPS) is 10.8. The zero-order chi connectivity index (χ0) is 21.4. The van der Waals surface area contributed by atoms with Crippen molar-refractivity contribution in [3.05, 3.63) is 75.6 Å². The highest BCUT2D eigenvalue weighted by Gasteiger charge is 2.22. The summed E-state index contributed by atoms with van der Waals surface area (Å²) in [7, 11) is 0. The summed E-state index contributed by atoms with van der Waals surface area (Å²) in [5.74, 6) is -1.97. The Morgan fingerprint density at radius 3 is 2.40 bits per heavy atom. The summed E-state index contributed by atoms with van der Waals surface area (Å²) >= 11 is 0. The van der Waals surface area contributed by atoms with Crippen LogP contribution in [0.4, 0.5) is 0 Å². The number of aromatic carboxylic acids is 1. The molecule has 0 atom stereocenters. The van der Waals surface area contributed by atoms with Gasteiger partial charge in [0, 0.05) is 22.2 Å². The summed E-state index contributed by atoms with van der Waals surface area (Å²) in [5.41, 5.74) is 3.19. The molecule has 2 heterocycles. The van der Waals surface area contributed by atoms with Crippen molar-refractivity contribution in [2.75, 3.05) is 0 Å². The second kappa shape index (κ2) is 7.26. The van der Waals surface area contributed by atoms with Gasteiger partial charge in [-0.05, 0) is 47.9 Å². The summed E-state index contributed by atoms with van der Waals surface area (Å²) < 4.78 is 0. The van der Waals surface area contributed by atoms with Crippen molar-refractivity contribution < 1.29 is 15.0 Å². The number of nitrogens with zero attached hydrogens (tertiary/aromatic N) is 1. The molecule has 0 spiro atoms. The average molecular weight is 399 g/mol. The fraction of sp³-hybridized carbons (Fsp3) is 0.0870. The van der Waals surface area contributed by atoms with E-state index in [-0.39, 0.29) is 0 Å². The van der Waals surface area contributed by atoms with E-state index in [1.165, 1.54) is 0 Å². The molecule has 2 aromatic heterocycles. The number of aromatic hydroxyl groups is 1. The number of carboxylic acids is 1. The number of hydrogen-bond acceptors (Lipinski definition) is 4. The fourth-order valence-electron chi connectivity index (χ4n) is 3.59. The number of fused-ring (bicyclic) bond motifs is 1. The fourth-order valence-corrected chi connectivity index (χ4v) is 3.59. The van der Waals surface area contributed by atoms with Crippen LogP contribution < -0.4 is 5.56 Å². The number of hydrogen-bond donors (Lipinski definition) is 4. The molecule has 2 aromatic carbocycles. The number of nitriles is 1. The monoisotopic (exact) mass is 399 g/mol. The summed E-state index contributed by atoms with van der Waals surface area (Å²) in [6, 6.07) is 16.8. The first-order chi connectivity index (χ1) is 14.4. The maximum Gasteiger partial charge on any atom is 0.345 e. The molecule has 7 heteroatoms. The lowest BCUT2D eigenvalue weighted by atomic mass is 9.99. The predicted molar refractivity (Wildman–Crippen MR) is 113 cm³/mol. The van der Waals surface area contributed by atoms with E-state index < -0.39 is 22.8 Å². The van der Waals surface area contributed by atoms with Crippen LogP contribution in [0.1, 0.15) is 28.4 Å². The van der Waals surface area contributed by atoms with Crippen LogP contribution in [-0.2, 0) is 6.42 Å². The quantitative estimate of drug-likeness (QED) is 0.412. The molecule has 0 unspecified atom stereocenters. The minimum atomic E-state index is -1.47. The van der Waals surface area contributed by atoms with Crippen LogP contribution in [0.2, 0.25) is 0 Å². The third kappa shape index (κ3) is 3.10. The highest BCUT2D eigenvalue weighted by Crippen LogP contribution is 2.33. The molecule has 0 aliphatic carbocycles. The molecule has 4 N–H and O–H groups in total. The Kier molecular flexibility index (Phi) is 4.60. The minimum absolute atomic E-state index is 0.347. The van der Waals surface area contributed by atoms with Gasteiger partial charge < -0.3 is 20.2 Å². The Hall–Kier alpha value is -4.31. The largest absolute Gasteiger partial charge is 0.506 e. The standard InChI is InChI=1S/C23H17N3O4/c1-2-16-20(26-22(28)19(21(16)27)23(29)30)14-7-8-17-15(9-14)10-18(25-17)13-5-3-12(11-24)4-6-13/h3-10,25H,2H2,1H3,(H,29,30)(H2,26,27,28). The van der Waals surface area contributed by atoms with Crippen molar-refractivity contribution >= 4 is 16.9 Å². The first-order valence-electron chi connectivity index (χ1n) is 9.28. The van der Waals surface area contributed by atoms with Gasteiger partial charge in [0.05, 0.1) is 17.3 Å². The molecule has 0 aliphatic heterocycles. The molecular weight excluding hydrogens is 382 g/mol. The summed E-state index contributed by atoms with van der Waals surface area (Å²) in [4.78, 5) is 29.5. The molecule has 0 saturated heterocycles. The van der Waals surface area contributed by atoms with E-state index in [9.17, 15) is 19.8 Å². The van der Waals surface area contributed by atoms with Crippen molar-refractivity contribution in [3.8, 4) is 34.3 Å². The van der Waals surface area contributed by atoms with Gasteiger partial charge in [0.25, 0.3) is 5.56 Å². The minimum Gasteiger partial charge on any atom is -0.506 e. The number of carbonyl (C=O) groups is 1. The number of pyridine rings is 1. The summed E-state index contributed by atoms with van der Waals surface area (Å²) in [6.07, 6.45) is 0.347. The highest BCUT2D eigenvalue weighted by atomic mass is 16.4. The van der Waals surface area contributed by atoms with E-state index in [1.807, 2.05) is 30.3 Å². The van der Waals surface area contributed by atoms with Crippen LogP contribution in [0.5, 0.6) is 5.75 Å². The number of aromatic amines is 2. The number of aromatic nitrogens is 2. The second-order valence-electron chi connectivity index (χ2n) is 6.86. The Bertz CT molecular complexity index is 1390. The lowest BCUT2D eigenvalue weighted by Crippen LogP contribution is -2.20. The smallest absolute Gasteiger partial charge is 0.345 e. The van der Waals surface area contributed by atoms with Crippen LogP contribution in [0, 0.1) is 11.3 Å². The van der Waals surface area contributed by atoms with Crippen LogP contribution >= 0.6 is 0 Å². The SMILES string of the molecule is CCc1c(-c2ccc3[nH]c(-c4ccc(C#N)cc4)cc3c2)[nH]c(=O)c(C(=O)O)c1O. The molecule has 0 bridgehead atoms. The second-order valence-corrected chi connectivity index (χ2v) is 6.86. The molecule has 4 aromatic rings. The lowest BCUT2D eigenvalue weighted by molar-refractivity contribution is 0.0691. The highest BCUT2D eigenvalue weighted by molar-refractivity contribution is 5.93. The van der Waals surface area contributed by atoms with E-state index in [2.05, 4.69) is 16.0 Å². The van der Waals surface area contributed by atoms with Crippen molar-refractivity contribution in [1.29, 1.82) is 5.26 Å². The maximum absolute atomic E-state index is 12.2. The zero-order valence-electron chi connectivity index (χ0n) is 16.0. The molecule has 0 radical (unpaired) electrons. The molecule has 0 saturated carbocycles. The number of H-pyrrole nitrogens is 2. The van der Waals surface area contributed by atoms with E-state index in [0.29, 0.717) is 28.8 Å². The van der Waals surface area contributed by atoms with Gasteiger partial charge in [-0.1, -0.05) is 25.1 Å². The Morgan fingerprint density at radius 2 is 1.77 bits per heavy atom. The maximum atomic E-state index is 12.2. The molecule has 0 amide bonds. The van der Waals surface area contributed by atoms with E-state index in [0.717, 1.165) is 22.2 Å². The molecule has 7 nitrogen and oxygen atoms in total. The Balaban J connectivity index is 1.84. The third-order valence-electron chi connectivity index (χ3n) is 5.09. The van der Waals surface area contributed by atoms with Crippen molar-refractivity contribution in [1.82, 2.24) is 9.97 Å². The van der Waals surface area contributed by atoms with E-state index >= 15 is 0 Å². The molecule has 148 valence electrons. The Labute approximate surface area is 170 Å². The number of nitrogens with one attached hydrogen (secondary N) is 2. The molecular formula is C23H17N3O4. The van der Waals surface area contributed by atoms with Gasteiger partial charge in [0.1, 0.15) is 5.75 Å². The van der Waals surface area contributed by atoms with Gasteiger partial charge in [-0.25, -0.2) is 4.79 Å². The molecule has 0 aliphatic rings. The topological polar surface area (TPSA) is 130 Å². The van der Waals surface area contributed by atoms with Gasteiger partial charge >= 0.3 is 5.97 Å². The lowest BCUT2D eigenvalue weighted by Gasteiger charge is -2.12. The van der Waals surface area contributed by atoms with Gasteiger partial charge in [-0.3, -0.25) is 4.79 Å². The van der Waals surface area contributed by atoms with Gasteiger partial charge in [-0.2, -0.15) is 5.26 Å². The van der Waals surface area contributed by atoms with E-state index in [1.54, 1.807) is 25.1 Å². The van der Waals surface area contributed by atoms with Crippen LogP contribution in [0.15, 0.2) is 53.3 Å². The van der Waals surface area contributed by atoms with Crippen molar-refractivity contribution in [2.45, 2.75) is 13.3 Å². The zero-order valence-corrected chi connectivity index (χ0v) is 16.0. The number of carboxylic acid groups (broad SMARTS) is 1. The van der Waals surface area contributed by atoms with E-state index in [4.69, 9.17) is 5.26 Å². The van der Waals surface area contributed by atoms with Crippen molar-refractivity contribution in [3.63, 3.8) is 0 Å². The predicted octanol–water partition coefficient (Wildman–Crippen LogP) is 4.03. The number of rotatable bonds is 4. The van der Waals surface area contributed by atoms with Crippen LogP contribution in [0.25, 0.3) is 33.4 Å². The molecule has 4 rings (SSSR count). The van der Waals surface area contributed by atoms with Gasteiger partial charge in [-0.15, -0.1) is 0 Å². The first kappa shape index (κ1) is 19.0. The van der Waals surface area contributed by atoms with Crippen LogP contribution in [-0.4, -0.2) is 26.2 Å². The molecule has 0 fully saturated rings. The van der Waals surface area contributed by atoms with Gasteiger partial charge in [0.2, 0.25) is 0 Å².